The smallest absolute Gasteiger partial charge is 0.135 e. The average molecular weight is 289 g/mol. The molecule has 5 heteroatoms. The van der Waals surface area contributed by atoms with Gasteiger partial charge in [0.1, 0.15) is 10.8 Å². The minimum absolute atomic E-state index is 0.0753. The Balaban J connectivity index is 2.37. The first-order chi connectivity index (χ1) is 9.63. The maximum absolute atomic E-state index is 13.9. The monoisotopic (exact) mass is 289 g/mol. The molecule has 0 saturated heterocycles. The lowest BCUT2D eigenvalue weighted by Crippen LogP contribution is -2.26. The van der Waals surface area contributed by atoms with Gasteiger partial charge in [0.2, 0.25) is 0 Å². The Bertz CT molecular complexity index is 601. The third-order valence-electron chi connectivity index (χ3n) is 3.08. The Kier molecular flexibility index (Phi) is 4.63. The van der Waals surface area contributed by atoms with E-state index in [1.165, 1.54) is 6.07 Å². The zero-order valence-electron chi connectivity index (χ0n) is 11.2. The number of rotatable bonds is 5. The number of nitrogens with two attached hydrogens (primary N) is 1. The third-order valence-corrected chi connectivity index (χ3v) is 3.29. The maximum atomic E-state index is 13.9. The number of halogens is 1. The van der Waals surface area contributed by atoms with Crippen LogP contribution in [-0.2, 0) is 6.54 Å². The van der Waals surface area contributed by atoms with Gasteiger partial charge in [0.05, 0.1) is 11.3 Å². The summed E-state index contributed by atoms with van der Waals surface area (Å²) in [6.07, 6.45) is 3.48. The first kappa shape index (κ1) is 14.4. The Morgan fingerprint density at radius 3 is 2.60 bits per heavy atom. The summed E-state index contributed by atoms with van der Waals surface area (Å²) in [7, 11) is 0. The van der Waals surface area contributed by atoms with Crippen LogP contribution in [0.15, 0.2) is 42.7 Å². The maximum Gasteiger partial charge on any atom is 0.135 e. The molecule has 1 heterocycles. The SMILES string of the molecule is CCN(Cc1ccncc1)c1cccc(F)c1C(N)=S. The number of hydrogen-bond donors (Lipinski definition) is 1. The van der Waals surface area contributed by atoms with E-state index in [-0.39, 0.29) is 10.8 Å². The van der Waals surface area contributed by atoms with Crippen molar-refractivity contribution in [2.24, 2.45) is 5.73 Å². The van der Waals surface area contributed by atoms with Crippen LogP contribution in [0.1, 0.15) is 18.1 Å². The molecule has 0 saturated carbocycles. The van der Waals surface area contributed by atoms with Crippen molar-refractivity contribution in [3.8, 4) is 0 Å². The molecule has 2 aromatic rings. The van der Waals surface area contributed by atoms with Crippen LogP contribution in [0.5, 0.6) is 0 Å². The van der Waals surface area contributed by atoms with E-state index in [1.54, 1.807) is 18.5 Å². The van der Waals surface area contributed by atoms with Crippen molar-refractivity contribution >= 4 is 22.9 Å². The number of anilines is 1. The van der Waals surface area contributed by atoms with Crippen LogP contribution >= 0.6 is 12.2 Å². The Labute approximate surface area is 123 Å². The highest BCUT2D eigenvalue weighted by Crippen LogP contribution is 2.24. The second-order valence-corrected chi connectivity index (χ2v) is 4.81. The highest BCUT2D eigenvalue weighted by Gasteiger charge is 2.16. The van der Waals surface area contributed by atoms with Crippen molar-refractivity contribution in [2.75, 3.05) is 11.4 Å². The van der Waals surface area contributed by atoms with Crippen molar-refractivity contribution in [1.29, 1.82) is 0 Å². The van der Waals surface area contributed by atoms with E-state index in [0.717, 1.165) is 17.8 Å². The molecular formula is C15H16FN3S. The lowest BCUT2D eigenvalue weighted by atomic mass is 10.1. The van der Waals surface area contributed by atoms with Gasteiger partial charge in [0, 0.05) is 25.5 Å². The van der Waals surface area contributed by atoms with E-state index in [4.69, 9.17) is 18.0 Å². The van der Waals surface area contributed by atoms with E-state index < -0.39 is 0 Å². The summed E-state index contributed by atoms with van der Waals surface area (Å²) in [5.41, 5.74) is 7.78. The van der Waals surface area contributed by atoms with Gasteiger partial charge in [-0.3, -0.25) is 4.98 Å². The molecule has 0 fully saturated rings. The summed E-state index contributed by atoms with van der Waals surface area (Å²) in [5.74, 6) is -0.386. The lowest BCUT2D eigenvalue weighted by molar-refractivity contribution is 0.624. The van der Waals surface area contributed by atoms with Gasteiger partial charge < -0.3 is 10.6 Å². The van der Waals surface area contributed by atoms with E-state index in [1.807, 2.05) is 30.0 Å². The molecule has 3 nitrogen and oxygen atoms in total. The fourth-order valence-electron chi connectivity index (χ4n) is 2.10. The minimum Gasteiger partial charge on any atom is -0.389 e. The fraction of sp³-hybridized carbons (Fsp3) is 0.200. The largest absolute Gasteiger partial charge is 0.389 e. The second-order valence-electron chi connectivity index (χ2n) is 4.37. The average Bonchev–Trinajstić information content (AvgIpc) is 2.45. The van der Waals surface area contributed by atoms with Crippen LogP contribution in [0, 0.1) is 5.82 Å². The van der Waals surface area contributed by atoms with Crippen LogP contribution in [0.4, 0.5) is 10.1 Å². The van der Waals surface area contributed by atoms with Gasteiger partial charge in [-0.05, 0) is 36.8 Å². The summed E-state index contributed by atoms with van der Waals surface area (Å²) in [6, 6.07) is 8.74. The summed E-state index contributed by atoms with van der Waals surface area (Å²) in [5, 5.41) is 0. The molecule has 0 aliphatic heterocycles. The standard InChI is InChI=1S/C15H16FN3S/c1-2-19(10-11-6-8-18-9-7-11)13-5-3-4-12(16)14(13)15(17)20/h3-9H,2,10H2,1H3,(H2,17,20). The third kappa shape index (κ3) is 3.11. The van der Waals surface area contributed by atoms with Crippen LogP contribution < -0.4 is 10.6 Å². The minimum atomic E-state index is -0.386. The number of aromatic nitrogens is 1. The molecule has 1 aromatic carbocycles. The highest BCUT2D eigenvalue weighted by molar-refractivity contribution is 7.80. The Morgan fingerprint density at radius 2 is 2.00 bits per heavy atom. The van der Waals surface area contributed by atoms with Crippen LogP contribution in [0.2, 0.25) is 0 Å². The van der Waals surface area contributed by atoms with Crippen molar-refractivity contribution in [3.05, 3.63) is 59.7 Å². The summed E-state index contributed by atoms with van der Waals surface area (Å²) < 4.78 is 13.9. The van der Waals surface area contributed by atoms with Gasteiger partial charge in [0.15, 0.2) is 0 Å². The van der Waals surface area contributed by atoms with Gasteiger partial charge in [-0.15, -0.1) is 0 Å². The molecule has 2 N–H and O–H groups in total. The number of pyridine rings is 1. The lowest BCUT2D eigenvalue weighted by Gasteiger charge is -2.25. The summed E-state index contributed by atoms with van der Waals surface area (Å²) >= 11 is 4.97. The molecule has 0 bridgehead atoms. The molecule has 0 aliphatic rings. The van der Waals surface area contributed by atoms with Gasteiger partial charge in [-0.25, -0.2) is 4.39 Å². The molecule has 0 spiro atoms. The molecule has 20 heavy (non-hydrogen) atoms. The van der Waals surface area contributed by atoms with E-state index in [0.29, 0.717) is 12.1 Å². The molecule has 1 aromatic heterocycles. The molecule has 0 unspecified atom stereocenters. The summed E-state index contributed by atoms with van der Waals surface area (Å²) in [6.45, 7) is 3.38. The van der Waals surface area contributed by atoms with Crippen LogP contribution in [0.3, 0.4) is 0 Å². The van der Waals surface area contributed by atoms with Crippen LogP contribution in [0.25, 0.3) is 0 Å². The van der Waals surface area contributed by atoms with Gasteiger partial charge >= 0.3 is 0 Å². The zero-order valence-corrected chi connectivity index (χ0v) is 12.0. The Hall–Kier alpha value is -2.01. The van der Waals surface area contributed by atoms with Gasteiger partial charge in [0.25, 0.3) is 0 Å². The normalized spacial score (nSPS) is 10.3. The highest BCUT2D eigenvalue weighted by atomic mass is 32.1. The van der Waals surface area contributed by atoms with Gasteiger partial charge in [-0.1, -0.05) is 18.3 Å². The van der Waals surface area contributed by atoms with Crippen molar-refractivity contribution < 1.29 is 4.39 Å². The molecule has 0 aliphatic carbocycles. The topological polar surface area (TPSA) is 42.2 Å². The zero-order chi connectivity index (χ0) is 14.5. The molecular weight excluding hydrogens is 273 g/mol. The summed E-state index contributed by atoms with van der Waals surface area (Å²) in [4.78, 5) is 6.10. The molecule has 104 valence electrons. The molecule has 0 atom stereocenters. The Morgan fingerprint density at radius 1 is 1.30 bits per heavy atom. The molecule has 0 amide bonds. The number of nitrogens with zero attached hydrogens (tertiary/aromatic N) is 2. The number of benzene rings is 1. The van der Waals surface area contributed by atoms with E-state index >= 15 is 0 Å². The molecule has 0 radical (unpaired) electrons. The predicted octanol–water partition coefficient (Wildman–Crippen LogP) is 2.88. The quantitative estimate of drug-likeness (QED) is 0.859. The second kappa shape index (κ2) is 6.43. The first-order valence-electron chi connectivity index (χ1n) is 6.35. The number of thiocarbonyl (C=S) groups is 1. The van der Waals surface area contributed by atoms with Crippen LogP contribution in [-0.4, -0.2) is 16.5 Å². The van der Waals surface area contributed by atoms with E-state index in [2.05, 4.69) is 4.98 Å². The number of hydrogen-bond acceptors (Lipinski definition) is 3. The fourth-order valence-corrected chi connectivity index (χ4v) is 2.30. The molecule has 2 rings (SSSR count). The van der Waals surface area contributed by atoms with Crippen molar-refractivity contribution in [3.63, 3.8) is 0 Å². The predicted molar refractivity (Wildman–Crippen MR) is 83.2 cm³/mol. The van der Waals surface area contributed by atoms with E-state index in [9.17, 15) is 4.39 Å². The van der Waals surface area contributed by atoms with Gasteiger partial charge in [-0.2, -0.15) is 0 Å². The first-order valence-corrected chi connectivity index (χ1v) is 6.76. The van der Waals surface area contributed by atoms with Crippen molar-refractivity contribution in [2.45, 2.75) is 13.5 Å². The van der Waals surface area contributed by atoms with Crippen molar-refractivity contribution in [1.82, 2.24) is 4.98 Å².